The van der Waals surface area contributed by atoms with Crippen LogP contribution in [0, 0.1) is 6.92 Å². The van der Waals surface area contributed by atoms with Gasteiger partial charge in [-0.1, -0.05) is 0 Å². The summed E-state index contributed by atoms with van der Waals surface area (Å²) in [4.78, 5) is 19.0. The van der Waals surface area contributed by atoms with Gasteiger partial charge in [-0.05, 0) is 26.8 Å². The monoisotopic (exact) mass is 180 g/mol. The largest absolute Gasteiger partial charge is 0.457 e. The molecular formula is C9H12N2O2. The molecule has 70 valence electrons. The van der Waals surface area contributed by atoms with Crippen LogP contribution in [-0.4, -0.2) is 22.0 Å². The fourth-order valence-corrected chi connectivity index (χ4v) is 0.814. The van der Waals surface area contributed by atoms with Gasteiger partial charge in [0.2, 0.25) is 5.82 Å². The second kappa shape index (κ2) is 3.98. The third kappa shape index (κ3) is 2.82. The molecule has 0 saturated heterocycles. The second-order valence-electron chi connectivity index (χ2n) is 2.98. The molecule has 0 aromatic carbocycles. The predicted octanol–water partition coefficient (Wildman–Crippen LogP) is 1.35. The first-order chi connectivity index (χ1) is 6.09. The van der Waals surface area contributed by atoms with Crippen LogP contribution in [0.2, 0.25) is 0 Å². The van der Waals surface area contributed by atoms with Crippen molar-refractivity contribution in [2.24, 2.45) is 0 Å². The highest BCUT2D eigenvalue weighted by Gasteiger charge is 2.11. The van der Waals surface area contributed by atoms with E-state index < -0.39 is 5.97 Å². The van der Waals surface area contributed by atoms with Crippen LogP contribution in [0.4, 0.5) is 0 Å². The van der Waals surface area contributed by atoms with E-state index in [0.717, 1.165) is 5.69 Å². The Morgan fingerprint density at radius 3 is 2.77 bits per heavy atom. The van der Waals surface area contributed by atoms with E-state index in [1.165, 1.54) is 0 Å². The average Bonchev–Trinajstić information content (AvgIpc) is 2.03. The van der Waals surface area contributed by atoms with Gasteiger partial charge in [-0.15, -0.1) is 0 Å². The Labute approximate surface area is 77.0 Å². The van der Waals surface area contributed by atoms with Crippen molar-refractivity contribution in [3.8, 4) is 0 Å². The van der Waals surface area contributed by atoms with Crippen molar-refractivity contribution >= 4 is 5.97 Å². The number of hydrogen-bond donors (Lipinski definition) is 0. The van der Waals surface area contributed by atoms with Gasteiger partial charge >= 0.3 is 5.97 Å². The molecule has 0 aliphatic rings. The SMILES string of the molecule is Cc1ccnc(C(=O)OC(C)C)n1. The molecule has 0 saturated carbocycles. The summed E-state index contributed by atoms with van der Waals surface area (Å²) in [7, 11) is 0. The zero-order valence-corrected chi connectivity index (χ0v) is 7.94. The molecule has 1 rings (SSSR count). The zero-order valence-electron chi connectivity index (χ0n) is 7.94. The number of ether oxygens (including phenoxy) is 1. The lowest BCUT2D eigenvalue weighted by Gasteiger charge is -2.06. The minimum absolute atomic E-state index is 0.119. The zero-order chi connectivity index (χ0) is 9.84. The number of aromatic nitrogens is 2. The van der Waals surface area contributed by atoms with Crippen LogP contribution >= 0.6 is 0 Å². The van der Waals surface area contributed by atoms with E-state index >= 15 is 0 Å². The van der Waals surface area contributed by atoms with Crippen molar-refractivity contribution in [2.75, 3.05) is 0 Å². The maximum atomic E-state index is 11.3. The van der Waals surface area contributed by atoms with Gasteiger partial charge in [0.15, 0.2) is 0 Å². The normalized spacial score (nSPS) is 10.2. The molecule has 1 heterocycles. The quantitative estimate of drug-likeness (QED) is 0.644. The average molecular weight is 180 g/mol. The summed E-state index contributed by atoms with van der Waals surface area (Å²) in [6.07, 6.45) is 1.40. The topological polar surface area (TPSA) is 52.1 Å². The van der Waals surface area contributed by atoms with Crippen molar-refractivity contribution in [1.82, 2.24) is 9.97 Å². The highest BCUT2D eigenvalue weighted by atomic mass is 16.5. The van der Waals surface area contributed by atoms with Gasteiger partial charge in [0.05, 0.1) is 6.10 Å². The molecule has 0 fully saturated rings. The summed E-state index contributed by atoms with van der Waals surface area (Å²) >= 11 is 0. The van der Waals surface area contributed by atoms with E-state index in [9.17, 15) is 4.79 Å². The van der Waals surface area contributed by atoms with E-state index in [4.69, 9.17) is 4.74 Å². The fraction of sp³-hybridized carbons (Fsp3) is 0.444. The lowest BCUT2D eigenvalue weighted by atomic mass is 10.4. The Kier molecular flexibility index (Phi) is 2.95. The van der Waals surface area contributed by atoms with Crippen LogP contribution in [-0.2, 0) is 4.74 Å². The first kappa shape index (κ1) is 9.64. The van der Waals surface area contributed by atoms with Gasteiger partial charge < -0.3 is 4.74 Å². The number of hydrogen-bond acceptors (Lipinski definition) is 4. The number of esters is 1. The standard InChI is InChI=1S/C9H12N2O2/c1-6(2)13-9(12)8-10-5-4-7(3)11-8/h4-6H,1-3H3. The van der Waals surface area contributed by atoms with Gasteiger partial charge in [-0.2, -0.15) is 0 Å². The van der Waals surface area contributed by atoms with Crippen molar-refractivity contribution < 1.29 is 9.53 Å². The minimum atomic E-state index is -0.473. The lowest BCUT2D eigenvalue weighted by molar-refractivity contribution is 0.0363. The van der Waals surface area contributed by atoms with Gasteiger partial charge in [0.25, 0.3) is 0 Å². The van der Waals surface area contributed by atoms with E-state index in [2.05, 4.69) is 9.97 Å². The molecule has 4 heteroatoms. The van der Waals surface area contributed by atoms with Gasteiger partial charge in [-0.3, -0.25) is 0 Å². The predicted molar refractivity (Wildman–Crippen MR) is 47.3 cm³/mol. The summed E-state index contributed by atoms with van der Waals surface area (Å²) in [6, 6.07) is 1.73. The summed E-state index contributed by atoms with van der Waals surface area (Å²) in [6.45, 7) is 5.37. The van der Waals surface area contributed by atoms with Gasteiger partial charge in [0, 0.05) is 11.9 Å². The van der Waals surface area contributed by atoms with Crippen molar-refractivity contribution in [2.45, 2.75) is 26.9 Å². The molecule has 1 aromatic heterocycles. The maximum absolute atomic E-state index is 11.3. The maximum Gasteiger partial charge on any atom is 0.376 e. The van der Waals surface area contributed by atoms with Crippen LogP contribution in [0.1, 0.15) is 30.2 Å². The molecule has 13 heavy (non-hydrogen) atoms. The summed E-state index contributed by atoms with van der Waals surface area (Å²) < 4.78 is 4.93. The molecule has 0 unspecified atom stereocenters. The Balaban J connectivity index is 2.77. The minimum Gasteiger partial charge on any atom is -0.457 e. The number of aryl methyl sites for hydroxylation is 1. The third-order valence-corrected chi connectivity index (χ3v) is 1.32. The van der Waals surface area contributed by atoms with E-state index in [1.54, 1.807) is 33.0 Å². The summed E-state index contributed by atoms with van der Waals surface area (Å²) in [5.74, 6) is -0.354. The van der Waals surface area contributed by atoms with Gasteiger partial charge in [0.1, 0.15) is 0 Å². The molecule has 4 nitrogen and oxygen atoms in total. The van der Waals surface area contributed by atoms with Crippen LogP contribution < -0.4 is 0 Å². The highest BCUT2D eigenvalue weighted by Crippen LogP contribution is 1.98. The molecule has 0 bridgehead atoms. The second-order valence-corrected chi connectivity index (χ2v) is 2.98. The Morgan fingerprint density at radius 2 is 2.23 bits per heavy atom. The number of carbonyl (C=O) groups excluding carboxylic acids is 1. The van der Waals surface area contributed by atoms with E-state index in [-0.39, 0.29) is 11.9 Å². The first-order valence-electron chi connectivity index (χ1n) is 4.10. The van der Waals surface area contributed by atoms with Crippen LogP contribution in [0.5, 0.6) is 0 Å². The molecular weight excluding hydrogens is 168 g/mol. The van der Waals surface area contributed by atoms with Crippen molar-refractivity contribution in [3.05, 3.63) is 23.8 Å². The highest BCUT2D eigenvalue weighted by molar-refractivity contribution is 5.85. The summed E-state index contributed by atoms with van der Waals surface area (Å²) in [5.41, 5.74) is 0.755. The van der Waals surface area contributed by atoms with E-state index in [0.29, 0.717) is 0 Å². The summed E-state index contributed by atoms with van der Waals surface area (Å²) in [5, 5.41) is 0. The van der Waals surface area contributed by atoms with Gasteiger partial charge in [-0.25, -0.2) is 14.8 Å². The van der Waals surface area contributed by atoms with E-state index in [1.807, 2.05) is 0 Å². The van der Waals surface area contributed by atoms with Crippen molar-refractivity contribution in [1.29, 1.82) is 0 Å². The molecule has 0 aliphatic carbocycles. The van der Waals surface area contributed by atoms with Crippen LogP contribution in [0.25, 0.3) is 0 Å². The van der Waals surface area contributed by atoms with Crippen molar-refractivity contribution in [3.63, 3.8) is 0 Å². The number of carbonyl (C=O) groups is 1. The molecule has 0 radical (unpaired) electrons. The Morgan fingerprint density at radius 1 is 1.54 bits per heavy atom. The first-order valence-corrected chi connectivity index (χ1v) is 4.10. The molecule has 0 spiro atoms. The number of rotatable bonds is 2. The molecule has 0 amide bonds. The van der Waals surface area contributed by atoms with Crippen LogP contribution in [0.15, 0.2) is 12.3 Å². The molecule has 1 aromatic rings. The molecule has 0 aliphatic heterocycles. The lowest BCUT2D eigenvalue weighted by Crippen LogP contribution is -2.14. The van der Waals surface area contributed by atoms with Crippen LogP contribution in [0.3, 0.4) is 0 Å². The fourth-order valence-electron chi connectivity index (χ4n) is 0.814. The number of nitrogens with zero attached hydrogens (tertiary/aromatic N) is 2. The molecule has 0 N–H and O–H groups in total. The third-order valence-electron chi connectivity index (χ3n) is 1.32. The molecule has 0 atom stereocenters. The Bertz CT molecular complexity index is 310. The smallest absolute Gasteiger partial charge is 0.376 e. The Hall–Kier alpha value is -1.45.